The smallest absolute Gasteiger partial charge is 0.207 e. The average Bonchev–Trinajstić information content (AvgIpc) is 3.17. The van der Waals surface area contributed by atoms with Crippen molar-refractivity contribution in [3.63, 3.8) is 0 Å². The first kappa shape index (κ1) is 19.8. The molecule has 0 radical (unpaired) electrons. The largest absolute Gasteiger partial charge is 0.483 e. The van der Waals surface area contributed by atoms with E-state index in [9.17, 15) is 4.79 Å². The first-order chi connectivity index (χ1) is 12.8. The normalized spacial score (nSPS) is 11.3. The molecule has 2 aromatic heterocycles. The van der Waals surface area contributed by atoms with E-state index in [2.05, 4.69) is 5.10 Å². The maximum atomic E-state index is 12.1. The average molecular weight is 446 g/mol. The second-order valence-corrected chi connectivity index (χ2v) is 7.15. The summed E-state index contributed by atoms with van der Waals surface area (Å²) < 4.78 is 12.7. The maximum Gasteiger partial charge on any atom is 0.207 e. The molecule has 3 aromatic rings. The van der Waals surface area contributed by atoms with Gasteiger partial charge in [-0.25, -0.2) is 0 Å². The number of ketones is 1. The fourth-order valence-electron chi connectivity index (χ4n) is 2.24. The van der Waals surface area contributed by atoms with E-state index in [1.54, 1.807) is 25.4 Å². The zero-order chi connectivity index (χ0) is 19.6. The third-order valence-corrected chi connectivity index (χ3v) is 4.48. The Morgan fingerprint density at radius 2 is 1.89 bits per heavy atom. The van der Waals surface area contributed by atoms with E-state index in [4.69, 9.17) is 55.6 Å². The summed E-state index contributed by atoms with van der Waals surface area (Å²) in [7, 11) is 1.68. The van der Waals surface area contributed by atoms with Crippen molar-refractivity contribution in [3.8, 4) is 5.75 Å². The number of rotatable bonds is 6. The minimum absolute atomic E-state index is 0.106. The molecular formula is C18H12Cl4N2O3. The molecule has 0 aliphatic carbocycles. The van der Waals surface area contributed by atoms with Gasteiger partial charge in [-0.3, -0.25) is 9.48 Å². The lowest BCUT2D eigenvalue weighted by atomic mass is 10.2. The number of benzene rings is 1. The molecule has 0 unspecified atom stereocenters. The van der Waals surface area contributed by atoms with Crippen LogP contribution in [-0.4, -0.2) is 15.6 Å². The number of aryl methyl sites for hydroxylation is 1. The molecule has 0 amide bonds. The zero-order valence-electron chi connectivity index (χ0n) is 13.9. The molecule has 3 rings (SSSR count). The van der Waals surface area contributed by atoms with Crippen LogP contribution in [0.1, 0.15) is 22.0 Å². The molecule has 0 aliphatic rings. The van der Waals surface area contributed by atoms with Crippen LogP contribution in [0.25, 0.3) is 6.08 Å². The predicted octanol–water partition coefficient (Wildman–Crippen LogP) is 6.10. The second kappa shape index (κ2) is 8.40. The Bertz CT molecular complexity index is 1000. The molecule has 0 N–H and O–H groups in total. The highest BCUT2D eigenvalue weighted by Crippen LogP contribution is 2.36. The fourth-order valence-corrected chi connectivity index (χ4v) is 3.43. The standard InChI is InChI=1S/C18H12Cl4N2O3/c1-24-8-15(22)17(23-24)16(25)5-4-11-2-3-12(27-11)9-26-18-13(20)6-10(19)7-14(18)21/h2-8H,9H2,1H3/b5-4+. The van der Waals surface area contributed by atoms with Crippen LogP contribution >= 0.6 is 46.4 Å². The molecular weight excluding hydrogens is 434 g/mol. The molecule has 0 saturated heterocycles. The van der Waals surface area contributed by atoms with Crippen LogP contribution in [-0.2, 0) is 13.7 Å². The number of furan rings is 1. The van der Waals surface area contributed by atoms with Gasteiger partial charge in [-0.05, 0) is 36.4 Å². The van der Waals surface area contributed by atoms with E-state index in [-0.39, 0.29) is 23.1 Å². The summed E-state index contributed by atoms with van der Waals surface area (Å²) in [6.07, 6.45) is 4.42. The van der Waals surface area contributed by atoms with Crippen LogP contribution in [0.4, 0.5) is 0 Å². The monoisotopic (exact) mass is 444 g/mol. The van der Waals surface area contributed by atoms with Crippen molar-refractivity contribution in [1.82, 2.24) is 9.78 Å². The lowest BCUT2D eigenvalue weighted by Gasteiger charge is -2.08. The SMILES string of the molecule is Cn1cc(Cl)c(C(=O)/C=C/c2ccc(COc3c(Cl)cc(Cl)cc3Cl)o2)n1. The van der Waals surface area contributed by atoms with Crippen LogP contribution in [0, 0.1) is 0 Å². The summed E-state index contributed by atoms with van der Waals surface area (Å²) in [5.74, 6) is 0.994. The molecule has 0 fully saturated rings. The lowest BCUT2D eigenvalue weighted by molar-refractivity contribution is 0.104. The van der Waals surface area contributed by atoms with Gasteiger partial charge < -0.3 is 9.15 Å². The van der Waals surface area contributed by atoms with Crippen LogP contribution in [0.15, 0.2) is 41.0 Å². The fraction of sp³-hybridized carbons (Fsp3) is 0.111. The summed E-state index contributed by atoms with van der Waals surface area (Å²) in [6, 6.07) is 6.49. The number of carbonyl (C=O) groups is 1. The first-order valence-corrected chi connectivity index (χ1v) is 9.12. The summed E-state index contributed by atoms with van der Waals surface area (Å²) in [5, 5.41) is 5.32. The molecule has 5 nitrogen and oxygen atoms in total. The van der Waals surface area contributed by atoms with E-state index in [0.717, 1.165) is 0 Å². The van der Waals surface area contributed by atoms with Crippen molar-refractivity contribution >= 4 is 58.3 Å². The van der Waals surface area contributed by atoms with E-state index in [1.807, 2.05) is 0 Å². The topological polar surface area (TPSA) is 57.3 Å². The molecule has 0 bridgehead atoms. The third kappa shape index (κ3) is 4.87. The highest BCUT2D eigenvalue weighted by Gasteiger charge is 2.13. The Kier molecular flexibility index (Phi) is 6.17. The molecule has 27 heavy (non-hydrogen) atoms. The van der Waals surface area contributed by atoms with Gasteiger partial charge in [0.05, 0.1) is 15.1 Å². The minimum atomic E-state index is -0.325. The van der Waals surface area contributed by atoms with Crippen LogP contribution in [0.5, 0.6) is 5.75 Å². The number of ether oxygens (including phenoxy) is 1. The molecule has 9 heteroatoms. The van der Waals surface area contributed by atoms with Gasteiger partial charge in [-0.15, -0.1) is 0 Å². The number of nitrogens with zero attached hydrogens (tertiary/aromatic N) is 2. The highest BCUT2D eigenvalue weighted by atomic mass is 35.5. The summed E-state index contributed by atoms with van der Waals surface area (Å²) in [5.41, 5.74) is 0.178. The number of carbonyl (C=O) groups excluding carboxylic acids is 1. The van der Waals surface area contributed by atoms with Gasteiger partial charge in [0, 0.05) is 18.3 Å². The third-order valence-electron chi connectivity index (χ3n) is 3.42. The lowest BCUT2D eigenvalue weighted by Crippen LogP contribution is -1.98. The molecule has 0 atom stereocenters. The van der Waals surface area contributed by atoms with Gasteiger partial charge in [0.2, 0.25) is 5.78 Å². The first-order valence-electron chi connectivity index (χ1n) is 7.61. The number of allylic oxidation sites excluding steroid dienone is 1. The quantitative estimate of drug-likeness (QED) is 0.339. The number of hydrogen-bond acceptors (Lipinski definition) is 4. The zero-order valence-corrected chi connectivity index (χ0v) is 16.9. The van der Waals surface area contributed by atoms with Gasteiger partial charge in [0.1, 0.15) is 18.1 Å². The molecule has 0 saturated carbocycles. The Morgan fingerprint density at radius 3 is 2.52 bits per heavy atom. The van der Waals surface area contributed by atoms with Gasteiger partial charge >= 0.3 is 0 Å². The van der Waals surface area contributed by atoms with Gasteiger partial charge in [0.25, 0.3) is 0 Å². The van der Waals surface area contributed by atoms with Gasteiger partial charge in [0.15, 0.2) is 11.4 Å². The summed E-state index contributed by atoms with van der Waals surface area (Å²) >= 11 is 24.0. The molecule has 1 aromatic carbocycles. The number of halogens is 4. The predicted molar refractivity (Wildman–Crippen MR) is 106 cm³/mol. The molecule has 2 heterocycles. The van der Waals surface area contributed by atoms with E-state index in [0.29, 0.717) is 32.3 Å². The van der Waals surface area contributed by atoms with E-state index in [1.165, 1.54) is 29.0 Å². The van der Waals surface area contributed by atoms with Crippen molar-refractivity contribution in [2.75, 3.05) is 0 Å². The molecule has 140 valence electrons. The Balaban J connectivity index is 1.65. The van der Waals surface area contributed by atoms with Gasteiger partial charge in [-0.2, -0.15) is 5.10 Å². The van der Waals surface area contributed by atoms with Crippen molar-refractivity contribution < 1.29 is 13.9 Å². The van der Waals surface area contributed by atoms with E-state index >= 15 is 0 Å². The van der Waals surface area contributed by atoms with Crippen molar-refractivity contribution in [2.45, 2.75) is 6.61 Å². The van der Waals surface area contributed by atoms with Gasteiger partial charge in [-0.1, -0.05) is 46.4 Å². The van der Waals surface area contributed by atoms with Crippen molar-refractivity contribution in [2.24, 2.45) is 7.05 Å². The maximum absolute atomic E-state index is 12.1. The Labute approximate surface area is 175 Å². The van der Waals surface area contributed by atoms with E-state index < -0.39 is 0 Å². The number of hydrogen-bond donors (Lipinski definition) is 0. The van der Waals surface area contributed by atoms with Crippen LogP contribution < -0.4 is 4.74 Å². The second-order valence-electron chi connectivity index (χ2n) is 5.49. The van der Waals surface area contributed by atoms with Crippen LogP contribution in [0.2, 0.25) is 20.1 Å². The Hall–Kier alpha value is -1.92. The minimum Gasteiger partial charge on any atom is -0.483 e. The highest BCUT2D eigenvalue weighted by molar-refractivity contribution is 6.40. The molecule has 0 aliphatic heterocycles. The number of aromatic nitrogens is 2. The Morgan fingerprint density at radius 1 is 1.19 bits per heavy atom. The summed E-state index contributed by atoms with van der Waals surface area (Å²) in [6.45, 7) is 0.106. The molecule has 0 spiro atoms. The van der Waals surface area contributed by atoms with Crippen LogP contribution in [0.3, 0.4) is 0 Å². The summed E-state index contributed by atoms with van der Waals surface area (Å²) in [4.78, 5) is 12.1. The van der Waals surface area contributed by atoms with Crippen molar-refractivity contribution in [1.29, 1.82) is 0 Å². The van der Waals surface area contributed by atoms with Crippen molar-refractivity contribution in [3.05, 3.63) is 73.8 Å².